The van der Waals surface area contributed by atoms with Gasteiger partial charge in [0, 0.05) is 27.2 Å². The number of amides is 2. The Morgan fingerprint density at radius 3 is 2.57 bits per heavy atom. The lowest BCUT2D eigenvalue weighted by Gasteiger charge is -2.13. The summed E-state index contributed by atoms with van der Waals surface area (Å²) in [6.07, 6.45) is 0. The van der Waals surface area contributed by atoms with Crippen molar-refractivity contribution in [1.29, 1.82) is 5.26 Å². The number of nitriles is 1. The number of hydrogen-bond acceptors (Lipinski definition) is 5. The molecule has 114 valence electrons. The number of nitrogens with zero attached hydrogens (tertiary/aromatic N) is 2. The summed E-state index contributed by atoms with van der Waals surface area (Å²) >= 11 is 0. The molecule has 0 spiro atoms. The summed E-state index contributed by atoms with van der Waals surface area (Å²) in [5.41, 5.74) is 5.91. The van der Waals surface area contributed by atoms with Gasteiger partial charge in [0.2, 0.25) is 10.0 Å². The molecule has 0 aromatic heterocycles. The zero-order valence-corrected chi connectivity index (χ0v) is 12.6. The molecule has 21 heavy (non-hydrogen) atoms. The third-order valence-electron chi connectivity index (χ3n) is 2.53. The van der Waals surface area contributed by atoms with E-state index in [1.165, 1.54) is 23.1 Å². The predicted molar refractivity (Wildman–Crippen MR) is 77.8 cm³/mol. The molecule has 0 saturated carbocycles. The lowest BCUT2D eigenvalue weighted by molar-refractivity contribution is 0.217. The number of nitrogens with one attached hydrogen (secondary N) is 2. The van der Waals surface area contributed by atoms with E-state index in [0.29, 0.717) is 0 Å². The zero-order chi connectivity index (χ0) is 16.0. The van der Waals surface area contributed by atoms with Gasteiger partial charge in [-0.05, 0) is 18.2 Å². The molecule has 0 bridgehead atoms. The van der Waals surface area contributed by atoms with Gasteiger partial charge in [-0.2, -0.15) is 5.26 Å². The van der Waals surface area contributed by atoms with E-state index < -0.39 is 10.0 Å². The Kier molecular flexibility index (Phi) is 5.52. The van der Waals surface area contributed by atoms with E-state index in [1.54, 1.807) is 14.1 Å². The van der Waals surface area contributed by atoms with E-state index in [2.05, 4.69) is 10.0 Å². The molecule has 0 radical (unpaired) electrons. The van der Waals surface area contributed by atoms with E-state index in [4.69, 9.17) is 11.0 Å². The summed E-state index contributed by atoms with van der Waals surface area (Å²) < 4.78 is 26.4. The molecule has 8 nitrogen and oxygen atoms in total. The summed E-state index contributed by atoms with van der Waals surface area (Å²) in [7, 11) is -0.623. The minimum absolute atomic E-state index is 0.00104. The Morgan fingerprint density at radius 1 is 1.38 bits per heavy atom. The topological polar surface area (TPSA) is 128 Å². The van der Waals surface area contributed by atoms with Gasteiger partial charge in [-0.25, -0.2) is 17.9 Å². The second-order valence-corrected chi connectivity index (χ2v) is 6.12. The van der Waals surface area contributed by atoms with E-state index in [0.717, 1.165) is 0 Å². The highest BCUT2D eigenvalue weighted by molar-refractivity contribution is 7.89. The van der Waals surface area contributed by atoms with Crippen LogP contribution in [0.3, 0.4) is 0 Å². The highest BCUT2D eigenvalue weighted by Gasteiger charge is 2.17. The van der Waals surface area contributed by atoms with Crippen molar-refractivity contribution in [3.05, 3.63) is 23.8 Å². The van der Waals surface area contributed by atoms with Crippen LogP contribution >= 0.6 is 0 Å². The monoisotopic (exact) mass is 311 g/mol. The van der Waals surface area contributed by atoms with Crippen LogP contribution in [-0.2, 0) is 10.0 Å². The smallest absolute Gasteiger partial charge is 0.316 e. The Balaban J connectivity index is 2.66. The third kappa shape index (κ3) is 4.62. The Labute approximate surface area is 123 Å². The minimum atomic E-state index is -3.78. The molecule has 1 aromatic carbocycles. The fraction of sp³-hybridized carbons (Fsp3) is 0.333. The van der Waals surface area contributed by atoms with Crippen LogP contribution in [0.4, 0.5) is 10.5 Å². The number of nitrogen functional groups attached to an aromatic ring is 1. The number of urea groups is 1. The van der Waals surface area contributed by atoms with Gasteiger partial charge in [-0.3, -0.25) is 0 Å². The van der Waals surface area contributed by atoms with Gasteiger partial charge in [-0.1, -0.05) is 0 Å². The highest BCUT2D eigenvalue weighted by atomic mass is 32.2. The van der Waals surface area contributed by atoms with Gasteiger partial charge in [-0.15, -0.1) is 0 Å². The number of benzene rings is 1. The van der Waals surface area contributed by atoms with Crippen LogP contribution in [0.2, 0.25) is 0 Å². The summed E-state index contributed by atoms with van der Waals surface area (Å²) in [6.45, 7) is 0.174. The maximum absolute atomic E-state index is 12.0. The van der Waals surface area contributed by atoms with Crippen molar-refractivity contribution in [1.82, 2.24) is 14.9 Å². The molecule has 0 aliphatic carbocycles. The first-order valence-electron chi connectivity index (χ1n) is 6.02. The average Bonchev–Trinajstić information content (AvgIpc) is 2.42. The quantitative estimate of drug-likeness (QED) is 0.507. The fourth-order valence-corrected chi connectivity index (χ4v) is 2.60. The number of carbonyl (C=O) groups is 1. The van der Waals surface area contributed by atoms with Gasteiger partial charge in [0.1, 0.15) is 4.90 Å². The largest absolute Gasteiger partial charge is 0.398 e. The van der Waals surface area contributed by atoms with Gasteiger partial charge in [0.25, 0.3) is 0 Å². The van der Waals surface area contributed by atoms with Gasteiger partial charge >= 0.3 is 6.03 Å². The van der Waals surface area contributed by atoms with E-state index in [1.807, 2.05) is 6.07 Å². The van der Waals surface area contributed by atoms with Crippen LogP contribution in [-0.4, -0.2) is 46.5 Å². The third-order valence-corrected chi connectivity index (χ3v) is 4.06. The number of anilines is 1. The van der Waals surface area contributed by atoms with Crippen molar-refractivity contribution in [2.75, 3.05) is 32.9 Å². The molecule has 0 heterocycles. The molecule has 0 saturated heterocycles. The number of carbonyl (C=O) groups excluding carboxylic acids is 1. The first-order chi connectivity index (χ1) is 9.77. The van der Waals surface area contributed by atoms with Crippen LogP contribution in [0.25, 0.3) is 0 Å². The average molecular weight is 311 g/mol. The minimum Gasteiger partial charge on any atom is -0.398 e. The second kappa shape index (κ2) is 6.92. The molecule has 4 N–H and O–H groups in total. The SMILES string of the molecule is CN(C)C(=O)NCCNS(=O)(=O)c1ccc(C#N)cc1N. The molecule has 2 amide bonds. The fourth-order valence-electron chi connectivity index (χ4n) is 1.45. The van der Waals surface area contributed by atoms with Gasteiger partial charge < -0.3 is 16.0 Å². The molecule has 0 unspecified atom stereocenters. The normalized spacial score (nSPS) is 10.7. The van der Waals surface area contributed by atoms with Gasteiger partial charge in [0.15, 0.2) is 0 Å². The molecule has 0 fully saturated rings. The number of rotatable bonds is 5. The first-order valence-corrected chi connectivity index (χ1v) is 7.50. The number of hydrogen-bond donors (Lipinski definition) is 3. The standard InChI is InChI=1S/C12H17N5O3S/c1-17(2)12(18)15-5-6-16-21(19,20)11-4-3-9(8-13)7-10(11)14/h3-4,7,16H,5-6,14H2,1-2H3,(H,15,18). The van der Waals surface area contributed by atoms with Crippen LogP contribution < -0.4 is 15.8 Å². The van der Waals surface area contributed by atoms with Crippen molar-refractivity contribution in [3.8, 4) is 6.07 Å². The maximum atomic E-state index is 12.0. The lowest BCUT2D eigenvalue weighted by Crippen LogP contribution is -2.39. The van der Waals surface area contributed by atoms with Crippen molar-refractivity contribution in [2.45, 2.75) is 4.90 Å². The lowest BCUT2D eigenvalue weighted by atomic mass is 10.2. The summed E-state index contributed by atoms with van der Waals surface area (Å²) in [5.74, 6) is 0. The van der Waals surface area contributed by atoms with E-state index >= 15 is 0 Å². The zero-order valence-electron chi connectivity index (χ0n) is 11.8. The Morgan fingerprint density at radius 2 is 2.05 bits per heavy atom. The highest BCUT2D eigenvalue weighted by Crippen LogP contribution is 2.18. The second-order valence-electron chi connectivity index (χ2n) is 4.39. The molecule has 0 aliphatic heterocycles. The van der Waals surface area contributed by atoms with Crippen LogP contribution in [0, 0.1) is 11.3 Å². The number of nitrogens with two attached hydrogens (primary N) is 1. The van der Waals surface area contributed by atoms with Crippen molar-refractivity contribution >= 4 is 21.7 Å². The van der Waals surface area contributed by atoms with Crippen LogP contribution in [0.1, 0.15) is 5.56 Å². The molecular weight excluding hydrogens is 294 g/mol. The summed E-state index contributed by atoms with van der Waals surface area (Å²) in [4.78, 5) is 12.5. The molecule has 0 aliphatic rings. The van der Waals surface area contributed by atoms with Crippen molar-refractivity contribution in [2.24, 2.45) is 0 Å². The molecule has 1 rings (SSSR count). The van der Waals surface area contributed by atoms with Crippen molar-refractivity contribution < 1.29 is 13.2 Å². The van der Waals surface area contributed by atoms with Crippen LogP contribution in [0.15, 0.2) is 23.1 Å². The Bertz CT molecular complexity index is 664. The van der Waals surface area contributed by atoms with E-state index in [-0.39, 0.29) is 35.3 Å². The van der Waals surface area contributed by atoms with E-state index in [9.17, 15) is 13.2 Å². The number of sulfonamides is 1. The maximum Gasteiger partial charge on any atom is 0.316 e. The van der Waals surface area contributed by atoms with Crippen LogP contribution in [0.5, 0.6) is 0 Å². The first kappa shape index (κ1) is 16.7. The molecule has 0 atom stereocenters. The molecule has 1 aromatic rings. The molecule has 9 heteroatoms. The van der Waals surface area contributed by atoms with Crippen molar-refractivity contribution in [3.63, 3.8) is 0 Å². The Hall–Kier alpha value is -2.31. The summed E-state index contributed by atoms with van der Waals surface area (Å²) in [5, 5.41) is 11.2. The predicted octanol–water partition coefficient (Wildman–Crippen LogP) is -0.310. The van der Waals surface area contributed by atoms with Gasteiger partial charge in [0.05, 0.1) is 17.3 Å². The summed E-state index contributed by atoms with van der Waals surface area (Å²) in [6, 6.07) is 5.50. The molecular formula is C12H17N5O3S.